The number of H-pyrrole nitrogens is 1. The molecule has 3 heterocycles. The van der Waals surface area contributed by atoms with Crippen molar-refractivity contribution < 1.29 is 31.4 Å². The number of rotatable bonds is 3. The summed E-state index contributed by atoms with van der Waals surface area (Å²) in [5.41, 5.74) is -1.04. The molecule has 0 bridgehead atoms. The van der Waals surface area contributed by atoms with Gasteiger partial charge in [0.15, 0.2) is 17.4 Å². The summed E-state index contributed by atoms with van der Waals surface area (Å²) in [6, 6.07) is 3.16. The minimum atomic E-state index is -4.70. The fraction of sp³-hybridized carbons (Fsp3) is 0.300. The van der Waals surface area contributed by atoms with E-state index in [1.807, 2.05) is 0 Å². The van der Waals surface area contributed by atoms with Crippen LogP contribution < -0.4 is 10.1 Å². The average molecular weight is 438 g/mol. The number of hydrogen-bond donors (Lipinski definition) is 2. The Morgan fingerprint density at radius 1 is 1.16 bits per heavy atom. The maximum Gasteiger partial charge on any atom is 0.418 e. The minimum absolute atomic E-state index is 0.0327. The number of benzene rings is 1. The molecule has 11 heteroatoms. The molecular formula is C20H15F5N4O2. The third kappa shape index (κ3) is 3.64. The number of fused-ring (bicyclic) bond motifs is 1. The van der Waals surface area contributed by atoms with Crippen LogP contribution >= 0.6 is 0 Å². The number of ether oxygens (including phenoxy) is 2. The second-order valence-corrected chi connectivity index (χ2v) is 7.64. The fourth-order valence-corrected chi connectivity index (χ4v) is 3.41. The van der Waals surface area contributed by atoms with Gasteiger partial charge in [-0.3, -0.25) is 0 Å². The Bertz CT molecular complexity index is 1180. The van der Waals surface area contributed by atoms with E-state index in [4.69, 9.17) is 9.47 Å². The number of aromatic amines is 1. The molecule has 1 aromatic carbocycles. The van der Waals surface area contributed by atoms with E-state index < -0.39 is 34.5 Å². The average Bonchev–Trinajstić information content (AvgIpc) is 3.30. The molecule has 2 aliphatic rings. The Balaban J connectivity index is 1.43. The van der Waals surface area contributed by atoms with E-state index in [9.17, 15) is 22.0 Å². The normalized spacial score (nSPS) is 17.4. The molecule has 3 aromatic rings. The van der Waals surface area contributed by atoms with Crippen molar-refractivity contribution >= 4 is 22.7 Å². The fourth-order valence-electron chi connectivity index (χ4n) is 3.41. The summed E-state index contributed by atoms with van der Waals surface area (Å²) < 4.78 is 79.8. The predicted octanol–water partition coefficient (Wildman–Crippen LogP) is 5.23. The number of aliphatic imine (C=N–C) groups is 1. The zero-order valence-electron chi connectivity index (χ0n) is 15.8. The number of alkyl halides is 3. The van der Waals surface area contributed by atoms with Crippen molar-refractivity contribution in [3.63, 3.8) is 0 Å². The van der Waals surface area contributed by atoms with Crippen LogP contribution in [0.15, 0.2) is 35.6 Å². The van der Waals surface area contributed by atoms with Gasteiger partial charge in [-0.05, 0) is 18.9 Å². The van der Waals surface area contributed by atoms with Crippen LogP contribution in [0.25, 0.3) is 11.0 Å². The van der Waals surface area contributed by atoms with Crippen LogP contribution in [0, 0.1) is 17.0 Å². The highest BCUT2D eigenvalue weighted by Crippen LogP contribution is 2.47. The molecule has 1 aliphatic carbocycles. The highest BCUT2D eigenvalue weighted by molar-refractivity contribution is 5.90. The highest BCUT2D eigenvalue weighted by Gasteiger charge is 2.45. The van der Waals surface area contributed by atoms with Crippen LogP contribution in [-0.2, 0) is 10.9 Å². The van der Waals surface area contributed by atoms with Gasteiger partial charge >= 0.3 is 6.18 Å². The first-order valence-electron chi connectivity index (χ1n) is 9.39. The summed E-state index contributed by atoms with van der Waals surface area (Å²) in [4.78, 5) is 10.4. The minimum Gasteiger partial charge on any atom is -0.464 e. The maximum atomic E-state index is 14.6. The molecule has 5 rings (SSSR count). The van der Waals surface area contributed by atoms with Crippen molar-refractivity contribution in [1.82, 2.24) is 9.97 Å². The second-order valence-electron chi connectivity index (χ2n) is 7.64. The topological polar surface area (TPSA) is 71.5 Å². The van der Waals surface area contributed by atoms with Crippen LogP contribution in [0.2, 0.25) is 0 Å². The van der Waals surface area contributed by atoms with Gasteiger partial charge in [-0.15, -0.1) is 0 Å². The summed E-state index contributed by atoms with van der Waals surface area (Å²) in [6.45, 7) is 1.07. The largest absolute Gasteiger partial charge is 0.464 e. The number of anilines is 1. The van der Waals surface area contributed by atoms with E-state index in [-0.39, 0.29) is 28.5 Å². The summed E-state index contributed by atoms with van der Waals surface area (Å²) in [5, 5.41) is 2.28. The van der Waals surface area contributed by atoms with Crippen LogP contribution in [0.1, 0.15) is 18.4 Å². The summed E-state index contributed by atoms with van der Waals surface area (Å²) >= 11 is 0. The monoisotopic (exact) mass is 438 g/mol. The molecule has 2 aromatic heterocycles. The molecule has 1 spiro atoms. The van der Waals surface area contributed by atoms with Crippen LogP contribution in [0.3, 0.4) is 0 Å². The molecule has 0 amide bonds. The number of nitrogens with one attached hydrogen (secondary N) is 2. The van der Waals surface area contributed by atoms with E-state index in [0.717, 1.165) is 37.2 Å². The number of halogens is 5. The predicted molar refractivity (Wildman–Crippen MR) is 101 cm³/mol. The summed E-state index contributed by atoms with van der Waals surface area (Å²) in [7, 11) is 0. The first-order valence-corrected chi connectivity index (χ1v) is 9.39. The zero-order chi connectivity index (χ0) is 21.8. The highest BCUT2D eigenvalue weighted by atomic mass is 19.4. The van der Waals surface area contributed by atoms with Crippen molar-refractivity contribution in [2.45, 2.75) is 19.0 Å². The lowest BCUT2D eigenvalue weighted by atomic mass is 10.1. The molecule has 31 heavy (non-hydrogen) atoms. The van der Waals surface area contributed by atoms with Crippen LogP contribution in [-0.4, -0.2) is 29.1 Å². The Kier molecular flexibility index (Phi) is 4.31. The van der Waals surface area contributed by atoms with Crippen molar-refractivity contribution in [2.24, 2.45) is 10.4 Å². The van der Waals surface area contributed by atoms with Crippen molar-refractivity contribution in [1.29, 1.82) is 0 Å². The molecule has 1 saturated carbocycles. The molecule has 6 nitrogen and oxygen atoms in total. The third-order valence-corrected chi connectivity index (χ3v) is 5.33. The SMILES string of the molecule is Fc1cc(NC2=NCC3(CC3)CO2)cc(F)c1Oc1ccnc2[nH]cc(C(F)(F)F)c12. The first-order chi connectivity index (χ1) is 14.7. The van der Waals surface area contributed by atoms with Crippen molar-refractivity contribution in [3.05, 3.63) is 47.8 Å². The van der Waals surface area contributed by atoms with E-state index in [1.165, 1.54) is 6.20 Å². The lowest BCUT2D eigenvalue weighted by Crippen LogP contribution is -2.29. The van der Waals surface area contributed by atoms with Gasteiger partial charge in [0.05, 0.1) is 24.1 Å². The number of aromatic nitrogens is 2. The molecule has 0 saturated heterocycles. The number of amidine groups is 1. The molecule has 2 N–H and O–H groups in total. The van der Waals surface area contributed by atoms with Crippen LogP contribution in [0.5, 0.6) is 11.5 Å². The molecule has 1 aliphatic heterocycles. The second kappa shape index (κ2) is 6.82. The third-order valence-electron chi connectivity index (χ3n) is 5.33. The van der Waals surface area contributed by atoms with Gasteiger partial charge in [-0.25, -0.2) is 18.8 Å². The lowest BCUT2D eigenvalue weighted by molar-refractivity contribution is -0.136. The summed E-state index contributed by atoms with van der Waals surface area (Å²) in [6.07, 6.45) is -0.729. The molecule has 0 radical (unpaired) electrons. The lowest BCUT2D eigenvalue weighted by Gasteiger charge is -2.22. The van der Waals surface area contributed by atoms with Gasteiger partial charge in [0.2, 0.25) is 0 Å². The van der Waals surface area contributed by atoms with E-state index in [0.29, 0.717) is 13.2 Å². The molecular weight excluding hydrogens is 423 g/mol. The van der Waals surface area contributed by atoms with E-state index in [2.05, 4.69) is 20.3 Å². The standard InChI is InChI=1S/C20H15F5N4O2/c21-12-5-10(29-18-28-8-19(2-3-19)9-30-18)6-13(22)16(12)31-14-1-4-26-17-15(14)11(7-27-17)20(23,24)25/h1,4-7H,2-3,8-9H2,(H,26,27)(H,28,29). The van der Waals surface area contributed by atoms with Gasteiger partial charge in [-0.1, -0.05) is 0 Å². The van der Waals surface area contributed by atoms with Gasteiger partial charge in [0.25, 0.3) is 6.02 Å². The maximum absolute atomic E-state index is 14.6. The molecule has 1 fully saturated rings. The number of nitrogens with zero attached hydrogens (tertiary/aromatic N) is 2. The van der Waals surface area contributed by atoms with Crippen molar-refractivity contribution in [2.75, 3.05) is 18.5 Å². The van der Waals surface area contributed by atoms with Gasteiger partial charge in [-0.2, -0.15) is 13.2 Å². The smallest absolute Gasteiger partial charge is 0.418 e. The molecule has 0 unspecified atom stereocenters. The Labute approximate surface area is 172 Å². The zero-order valence-corrected chi connectivity index (χ0v) is 15.8. The van der Waals surface area contributed by atoms with Crippen molar-refractivity contribution in [3.8, 4) is 11.5 Å². The number of pyridine rings is 1. The van der Waals surface area contributed by atoms with Gasteiger partial charge in [0.1, 0.15) is 11.4 Å². The Morgan fingerprint density at radius 3 is 2.52 bits per heavy atom. The molecule has 0 atom stereocenters. The van der Waals surface area contributed by atoms with Gasteiger partial charge in [0, 0.05) is 35.6 Å². The van der Waals surface area contributed by atoms with E-state index in [1.54, 1.807) is 0 Å². The van der Waals surface area contributed by atoms with Crippen LogP contribution in [0.4, 0.5) is 27.6 Å². The van der Waals surface area contributed by atoms with Gasteiger partial charge < -0.3 is 19.8 Å². The summed E-state index contributed by atoms with van der Waals surface area (Å²) in [5.74, 6) is -3.43. The Morgan fingerprint density at radius 2 is 1.90 bits per heavy atom. The number of hydrogen-bond acceptors (Lipinski definition) is 5. The quantitative estimate of drug-likeness (QED) is 0.550. The first kappa shape index (κ1) is 19.6. The molecule has 162 valence electrons. The van der Waals surface area contributed by atoms with E-state index >= 15 is 0 Å². The Hall–Kier alpha value is -3.37.